The second kappa shape index (κ2) is 8.69. The summed E-state index contributed by atoms with van der Waals surface area (Å²) in [7, 11) is 0. The Morgan fingerprint density at radius 2 is 2.04 bits per heavy atom. The number of ether oxygens (including phenoxy) is 1. The van der Waals surface area contributed by atoms with Crippen LogP contribution in [0.15, 0.2) is 24.3 Å². The summed E-state index contributed by atoms with van der Waals surface area (Å²) in [6.45, 7) is 1.32. The summed E-state index contributed by atoms with van der Waals surface area (Å²) >= 11 is 0. The highest BCUT2D eigenvalue weighted by atomic mass is 16.6. The Hall–Kier alpha value is -2.68. The summed E-state index contributed by atoms with van der Waals surface area (Å²) in [6.07, 6.45) is -1.01. The van der Waals surface area contributed by atoms with Gasteiger partial charge in [-0.2, -0.15) is 0 Å². The smallest absolute Gasteiger partial charge is 0.328 e. The number of amides is 1. The van der Waals surface area contributed by atoms with E-state index in [9.17, 15) is 24.8 Å². The molecule has 2 unspecified atom stereocenters. The van der Waals surface area contributed by atoms with Crippen molar-refractivity contribution in [2.75, 3.05) is 6.61 Å². The van der Waals surface area contributed by atoms with Crippen LogP contribution in [-0.4, -0.2) is 45.8 Å². The Kier molecular flexibility index (Phi) is 6.94. The molecule has 1 amide bonds. The number of hydrogen-bond donors (Lipinski definition) is 3. The summed E-state index contributed by atoms with van der Waals surface area (Å²) in [4.78, 5) is 32.7. The first-order valence-electron chi connectivity index (χ1n) is 6.89. The molecular formula is C14H18N2O7. The van der Waals surface area contributed by atoms with Crippen LogP contribution in [0.1, 0.15) is 19.8 Å². The number of nitro groups is 1. The molecule has 9 nitrogen and oxygen atoms in total. The minimum absolute atomic E-state index is 0.0306. The molecule has 0 bridgehead atoms. The summed E-state index contributed by atoms with van der Waals surface area (Å²) < 4.78 is 5.26. The molecule has 0 aliphatic rings. The number of carbonyl (C=O) groups excluding carboxylic acids is 1. The molecule has 1 aromatic rings. The lowest BCUT2D eigenvalue weighted by Crippen LogP contribution is -2.47. The number of aliphatic hydroxyl groups is 1. The van der Waals surface area contributed by atoms with Crippen LogP contribution in [-0.2, 0) is 9.59 Å². The number of rotatable bonds is 9. The largest absolute Gasteiger partial charge is 0.487 e. The van der Waals surface area contributed by atoms with Gasteiger partial charge in [0.25, 0.3) is 0 Å². The maximum Gasteiger partial charge on any atom is 0.328 e. The molecule has 1 aromatic carbocycles. The lowest BCUT2D eigenvalue weighted by Gasteiger charge is -2.16. The van der Waals surface area contributed by atoms with Crippen molar-refractivity contribution < 1.29 is 29.5 Å². The second-order valence-corrected chi connectivity index (χ2v) is 4.80. The summed E-state index contributed by atoms with van der Waals surface area (Å²) in [6, 6.07) is 4.49. The average Bonchev–Trinajstić information content (AvgIpc) is 2.48. The van der Waals surface area contributed by atoms with Crippen molar-refractivity contribution >= 4 is 17.6 Å². The molecule has 126 valence electrons. The zero-order chi connectivity index (χ0) is 17.4. The molecule has 0 saturated heterocycles. The first-order chi connectivity index (χ1) is 10.8. The predicted octanol–water partition coefficient (Wildman–Crippen LogP) is 0.704. The van der Waals surface area contributed by atoms with Gasteiger partial charge in [-0.3, -0.25) is 14.9 Å². The number of carbonyl (C=O) groups is 2. The SMILES string of the molecule is CC(O)C(NC(=O)CCCOc1ccccc1[N+](=O)[O-])C(=O)O. The molecule has 0 spiro atoms. The number of aliphatic carboxylic acids is 1. The van der Waals surface area contributed by atoms with Crippen LogP contribution >= 0.6 is 0 Å². The second-order valence-electron chi connectivity index (χ2n) is 4.80. The maximum atomic E-state index is 11.6. The topological polar surface area (TPSA) is 139 Å². The molecule has 1 rings (SSSR count). The van der Waals surface area contributed by atoms with Crippen molar-refractivity contribution in [2.45, 2.75) is 31.9 Å². The van der Waals surface area contributed by atoms with Crippen LogP contribution in [0.3, 0.4) is 0 Å². The maximum absolute atomic E-state index is 11.6. The number of nitrogens with zero attached hydrogens (tertiary/aromatic N) is 1. The predicted molar refractivity (Wildman–Crippen MR) is 79.1 cm³/mol. The fourth-order valence-electron chi connectivity index (χ4n) is 1.78. The molecule has 23 heavy (non-hydrogen) atoms. The third-order valence-corrected chi connectivity index (χ3v) is 2.93. The number of hydrogen-bond acceptors (Lipinski definition) is 6. The molecule has 0 fully saturated rings. The molecule has 0 saturated carbocycles. The molecule has 0 aromatic heterocycles. The van der Waals surface area contributed by atoms with E-state index in [1.165, 1.54) is 25.1 Å². The molecule has 9 heteroatoms. The summed E-state index contributed by atoms with van der Waals surface area (Å²) in [5, 5.41) is 31.1. The molecule has 0 aliphatic carbocycles. The first kappa shape index (κ1) is 18.4. The van der Waals surface area contributed by atoms with Crippen molar-refractivity contribution in [3.63, 3.8) is 0 Å². The molecule has 2 atom stereocenters. The highest BCUT2D eigenvalue weighted by Crippen LogP contribution is 2.25. The van der Waals surface area contributed by atoms with Gasteiger partial charge in [0, 0.05) is 12.5 Å². The highest BCUT2D eigenvalue weighted by molar-refractivity contribution is 5.83. The van der Waals surface area contributed by atoms with Gasteiger partial charge in [-0.25, -0.2) is 4.79 Å². The Balaban J connectivity index is 2.42. The van der Waals surface area contributed by atoms with Crippen molar-refractivity contribution in [1.29, 1.82) is 0 Å². The van der Waals surface area contributed by atoms with Gasteiger partial charge in [0.05, 0.1) is 17.6 Å². The van der Waals surface area contributed by atoms with E-state index in [-0.39, 0.29) is 30.9 Å². The number of nitrogens with one attached hydrogen (secondary N) is 1. The first-order valence-corrected chi connectivity index (χ1v) is 6.89. The van der Waals surface area contributed by atoms with Gasteiger partial charge in [-0.15, -0.1) is 0 Å². The van der Waals surface area contributed by atoms with E-state index in [1.807, 2.05) is 0 Å². The van der Waals surface area contributed by atoms with Gasteiger partial charge in [-0.1, -0.05) is 12.1 Å². The fraction of sp³-hybridized carbons (Fsp3) is 0.429. The van der Waals surface area contributed by atoms with Gasteiger partial charge in [-0.05, 0) is 19.4 Å². The third-order valence-electron chi connectivity index (χ3n) is 2.93. The van der Waals surface area contributed by atoms with Crippen molar-refractivity contribution in [3.8, 4) is 5.75 Å². The molecule has 3 N–H and O–H groups in total. The van der Waals surface area contributed by atoms with Gasteiger partial charge in [0.2, 0.25) is 5.91 Å². The van der Waals surface area contributed by atoms with Crippen LogP contribution in [0.25, 0.3) is 0 Å². The Labute approximate surface area is 132 Å². The van der Waals surface area contributed by atoms with Crippen LogP contribution in [0, 0.1) is 10.1 Å². The normalized spacial score (nSPS) is 13.0. The molecule has 0 aliphatic heterocycles. The number of aliphatic hydroxyl groups excluding tert-OH is 1. The number of para-hydroxylation sites is 2. The van der Waals surface area contributed by atoms with E-state index in [2.05, 4.69) is 5.32 Å². The zero-order valence-corrected chi connectivity index (χ0v) is 12.5. The molecule has 0 radical (unpaired) electrons. The van der Waals surface area contributed by atoms with Gasteiger partial charge in [0.1, 0.15) is 0 Å². The quantitative estimate of drug-likeness (QED) is 0.345. The number of carboxylic acids is 1. The van der Waals surface area contributed by atoms with Gasteiger partial charge < -0.3 is 20.3 Å². The monoisotopic (exact) mass is 326 g/mol. The lowest BCUT2D eigenvalue weighted by molar-refractivity contribution is -0.385. The summed E-state index contributed by atoms with van der Waals surface area (Å²) in [5.74, 6) is -1.78. The molecule has 0 heterocycles. The van der Waals surface area contributed by atoms with E-state index in [0.29, 0.717) is 0 Å². The van der Waals surface area contributed by atoms with Crippen LogP contribution in [0.5, 0.6) is 5.75 Å². The highest BCUT2D eigenvalue weighted by Gasteiger charge is 2.24. The zero-order valence-electron chi connectivity index (χ0n) is 12.5. The van der Waals surface area contributed by atoms with E-state index < -0.39 is 28.9 Å². The van der Waals surface area contributed by atoms with E-state index >= 15 is 0 Å². The minimum atomic E-state index is -1.38. The standard InChI is InChI=1S/C14H18N2O7/c1-9(17)13(14(19)20)15-12(18)7-4-8-23-11-6-3-2-5-10(11)16(21)22/h2-3,5-6,9,13,17H,4,7-8H2,1H3,(H,15,18)(H,19,20). The van der Waals surface area contributed by atoms with E-state index in [4.69, 9.17) is 9.84 Å². The Morgan fingerprint density at radius 3 is 2.61 bits per heavy atom. The molecular weight excluding hydrogens is 308 g/mol. The van der Waals surface area contributed by atoms with Crippen molar-refractivity contribution in [3.05, 3.63) is 34.4 Å². The average molecular weight is 326 g/mol. The Bertz CT molecular complexity index is 574. The van der Waals surface area contributed by atoms with Crippen LogP contribution < -0.4 is 10.1 Å². The van der Waals surface area contributed by atoms with Crippen molar-refractivity contribution in [1.82, 2.24) is 5.32 Å². The van der Waals surface area contributed by atoms with Crippen LogP contribution in [0.4, 0.5) is 5.69 Å². The van der Waals surface area contributed by atoms with Gasteiger partial charge >= 0.3 is 11.7 Å². The number of nitro benzene ring substituents is 1. The Morgan fingerprint density at radius 1 is 1.39 bits per heavy atom. The van der Waals surface area contributed by atoms with Crippen molar-refractivity contribution in [2.24, 2.45) is 0 Å². The minimum Gasteiger partial charge on any atom is -0.487 e. The number of carboxylic acid groups (broad SMARTS) is 1. The van der Waals surface area contributed by atoms with Gasteiger partial charge in [0.15, 0.2) is 11.8 Å². The third kappa shape index (κ3) is 5.91. The fourth-order valence-corrected chi connectivity index (χ4v) is 1.78. The number of benzene rings is 1. The van der Waals surface area contributed by atoms with Crippen LogP contribution in [0.2, 0.25) is 0 Å². The lowest BCUT2D eigenvalue weighted by atomic mass is 10.1. The van der Waals surface area contributed by atoms with E-state index in [1.54, 1.807) is 6.07 Å². The summed E-state index contributed by atoms with van der Waals surface area (Å²) in [5.41, 5.74) is -0.169. The van der Waals surface area contributed by atoms with E-state index in [0.717, 1.165) is 0 Å².